The first-order valence-corrected chi connectivity index (χ1v) is 8.00. The Hall–Kier alpha value is -1.22. The molecule has 0 aliphatic heterocycles. The van der Waals surface area contributed by atoms with Gasteiger partial charge in [0, 0.05) is 19.9 Å². The molecular formula is C12H17ClN2O5S. The van der Waals surface area contributed by atoms with Gasteiger partial charge in [0.05, 0.1) is 13.2 Å². The van der Waals surface area contributed by atoms with Gasteiger partial charge in [0.25, 0.3) is 0 Å². The average molecular weight is 337 g/mol. The second-order valence-corrected chi connectivity index (χ2v) is 6.19. The van der Waals surface area contributed by atoms with Gasteiger partial charge in [0.1, 0.15) is 16.6 Å². The lowest BCUT2D eigenvalue weighted by Gasteiger charge is -2.21. The summed E-state index contributed by atoms with van der Waals surface area (Å²) in [6, 6.07) is 2.78. The highest BCUT2D eigenvalue weighted by molar-refractivity contribution is 7.89. The van der Waals surface area contributed by atoms with Crippen molar-refractivity contribution in [2.75, 3.05) is 33.4 Å². The molecule has 1 aromatic heterocycles. The number of nitrogens with zero attached hydrogens (tertiary/aromatic N) is 2. The fourth-order valence-electron chi connectivity index (χ4n) is 1.53. The predicted molar refractivity (Wildman–Crippen MR) is 76.5 cm³/mol. The Morgan fingerprint density at radius 2 is 2.19 bits per heavy atom. The zero-order valence-corrected chi connectivity index (χ0v) is 13.4. The van der Waals surface area contributed by atoms with Crippen molar-refractivity contribution in [2.24, 2.45) is 0 Å². The van der Waals surface area contributed by atoms with Crippen LogP contribution in [0, 0.1) is 0 Å². The molecule has 0 saturated heterocycles. The Morgan fingerprint density at radius 3 is 2.76 bits per heavy atom. The van der Waals surface area contributed by atoms with Crippen LogP contribution in [0.15, 0.2) is 23.2 Å². The molecule has 0 spiro atoms. The summed E-state index contributed by atoms with van der Waals surface area (Å²) in [6.07, 6.45) is 1.38. The molecule has 9 heteroatoms. The molecule has 0 amide bonds. The third-order valence-corrected chi connectivity index (χ3v) is 4.79. The van der Waals surface area contributed by atoms with Gasteiger partial charge in [-0.3, -0.25) is 4.79 Å². The molecule has 118 valence electrons. The van der Waals surface area contributed by atoms with Crippen LogP contribution in [-0.4, -0.2) is 57.1 Å². The molecule has 0 atom stereocenters. The minimum absolute atomic E-state index is 0.00285. The van der Waals surface area contributed by atoms with Gasteiger partial charge >= 0.3 is 5.97 Å². The third-order valence-electron chi connectivity index (χ3n) is 2.50. The van der Waals surface area contributed by atoms with E-state index >= 15 is 0 Å². The average Bonchev–Trinajstić information content (AvgIpc) is 2.43. The van der Waals surface area contributed by atoms with Crippen LogP contribution in [0.5, 0.6) is 0 Å². The molecule has 0 fully saturated rings. The number of halogens is 1. The van der Waals surface area contributed by atoms with Crippen LogP contribution in [0.2, 0.25) is 5.15 Å². The first-order chi connectivity index (χ1) is 9.93. The fraction of sp³-hybridized carbons (Fsp3) is 0.500. The zero-order valence-electron chi connectivity index (χ0n) is 11.8. The summed E-state index contributed by atoms with van der Waals surface area (Å²) in [5, 5.41) is -0.149. The number of aromatic nitrogens is 1. The predicted octanol–water partition coefficient (Wildman–Crippen LogP) is 0.935. The van der Waals surface area contributed by atoms with Gasteiger partial charge in [-0.2, -0.15) is 4.31 Å². The van der Waals surface area contributed by atoms with E-state index in [1.165, 1.54) is 25.4 Å². The molecule has 1 heterocycles. The molecule has 0 bridgehead atoms. The van der Waals surface area contributed by atoms with Crippen LogP contribution in [0.4, 0.5) is 0 Å². The molecule has 1 aromatic rings. The topological polar surface area (TPSA) is 85.8 Å². The SMILES string of the molecule is CCOC(=O)CN(CCOC)S(=O)(=O)c1cccnc1Cl. The van der Waals surface area contributed by atoms with Crippen molar-refractivity contribution >= 4 is 27.6 Å². The lowest BCUT2D eigenvalue weighted by Crippen LogP contribution is -2.38. The van der Waals surface area contributed by atoms with E-state index in [1.54, 1.807) is 6.92 Å². The van der Waals surface area contributed by atoms with Gasteiger partial charge in [-0.05, 0) is 19.1 Å². The summed E-state index contributed by atoms with van der Waals surface area (Å²) in [6.45, 7) is 1.54. The Kier molecular flexibility index (Phi) is 7.03. The van der Waals surface area contributed by atoms with E-state index in [2.05, 4.69) is 4.98 Å². The number of methoxy groups -OCH3 is 1. The van der Waals surface area contributed by atoms with Gasteiger partial charge < -0.3 is 9.47 Å². The fourth-order valence-corrected chi connectivity index (χ4v) is 3.33. The van der Waals surface area contributed by atoms with Crippen molar-refractivity contribution in [3.8, 4) is 0 Å². The largest absolute Gasteiger partial charge is 0.465 e. The molecular weight excluding hydrogens is 320 g/mol. The van der Waals surface area contributed by atoms with E-state index in [1.807, 2.05) is 0 Å². The van der Waals surface area contributed by atoms with Crippen LogP contribution < -0.4 is 0 Å². The van der Waals surface area contributed by atoms with Crippen molar-refractivity contribution in [1.82, 2.24) is 9.29 Å². The normalized spacial score (nSPS) is 11.6. The molecule has 0 aliphatic carbocycles. The minimum Gasteiger partial charge on any atom is -0.465 e. The quantitative estimate of drug-likeness (QED) is 0.518. The monoisotopic (exact) mass is 336 g/mol. The smallest absolute Gasteiger partial charge is 0.321 e. The van der Waals surface area contributed by atoms with Crippen molar-refractivity contribution in [3.63, 3.8) is 0 Å². The van der Waals surface area contributed by atoms with Gasteiger partial charge in [-0.25, -0.2) is 13.4 Å². The van der Waals surface area contributed by atoms with Crippen molar-refractivity contribution in [3.05, 3.63) is 23.5 Å². The number of hydrogen-bond donors (Lipinski definition) is 0. The minimum atomic E-state index is -3.96. The number of rotatable bonds is 8. The maximum atomic E-state index is 12.5. The van der Waals surface area contributed by atoms with Crippen molar-refractivity contribution in [1.29, 1.82) is 0 Å². The summed E-state index contributed by atoms with van der Waals surface area (Å²) in [4.78, 5) is 15.1. The van der Waals surface area contributed by atoms with E-state index in [9.17, 15) is 13.2 Å². The number of pyridine rings is 1. The van der Waals surface area contributed by atoms with Crippen molar-refractivity contribution in [2.45, 2.75) is 11.8 Å². The van der Waals surface area contributed by atoms with Crippen LogP contribution in [0.1, 0.15) is 6.92 Å². The molecule has 0 aliphatic rings. The second-order valence-electron chi connectivity index (χ2n) is 3.93. The Balaban J connectivity index is 3.06. The zero-order chi connectivity index (χ0) is 15.9. The Labute approximate surface area is 128 Å². The Morgan fingerprint density at radius 1 is 1.48 bits per heavy atom. The number of ether oxygens (including phenoxy) is 2. The highest BCUT2D eigenvalue weighted by Crippen LogP contribution is 2.22. The van der Waals surface area contributed by atoms with E-state index in [4.69, 9.17) is 21.1 Å². The first-order valence-electron chi connectivity index (χ1n) is 6.18. The highest BCUT2D eigenvalue weighted by atomic mass is 35.5. The molecule has 1 rings (SSSR count). The maximum Gasteiger partial charge on any atom is 0.321 e. The molecule has 21 heavy (non-hydrogen) atoms. The summed E-state index contributed by atoms with van der Waals surface area (Å²) in [7, 11) is -2.52. The van der Waals surface area contributed by atoms with E-state index in [0.717, 1.165) is 4.31 Å². The van der Waals surface area contributed by atoms with Crippen molar-refractivity contribution < 1.29 is 22.7 Å². The molecule has 0 aromatic carbocycles. The van der Waals surface area contributed by atoms with Gasteiger partial charge in [0.2, 0.25) is 10.0 Å². The number of sulfonamides is 1. The van der Waals surface area contributed by atoms with Gasteiger partial charge in [-0.15, -0.1) is 0 Å². The Bertz CT molecular complexity index is 579. The molecule has 0 radical (unpaired) electrons. The summed E-state index contributed by atoms with van der Waals surface area (Å²) < 4.78 is 35.7. The van der Waals surface area contributed by atoms with Crippen LogP contribution in [0.25, 0.3) is 0 Å². The first kappa shape index (κ1) is 17.8. The van der Waals surface area contributed by atoms with Crippen LogP contribution in [0.3, 0.4) is 0 Å². The number of carbonyl (C=O) groups excluding carboxylic acids is 1. The van der Waals surface area contributed by atoms with Gasteiger partial charge in [-0.1, -0.05) is 11.6 Å². The van der Waals surface area contributed by atoms with E-state index < -0.39 is 22.5 Å². The number of hydrogen-bond acceptors (Lipinski definition) is 6. The molecule has 0 N–H and O–H groups in total. The highest BCUT2D eigenvalue weighted by Gasteiger charge is 2.29. The molecule has 7 nitrogen and oxygen atoms in total. The van der Waals surface area contributed by atoms with Gasteiger partial charge in [0.15, 0.2) is 0 Å². The lowest BCUT2D eigenvalue weighted by atomic mass is 10.5. The van der Waals surface area contributed by atoms with Crippen LogP contribution in [-0.2, 0) is 24.3 Å². The van der Waals surface area contributed by atoms with Crippen LogP contribution >= 0.6 is 11.6 Å². The lowest BCUT2D eigenvalue weighted by molar-refractivity contribution is -0.143. The number of esters is 1. The molecule has 0 unspecified atom stereocenters. The maximum absolute atomic E-state index is 12.5. The second kappa shape index (κ2) is 8.28. The van der Waals surface area contributed by atoms with E-state index in [0.29, 0.717) is 0 Å². The van der Waals surface area contributed by atoms with E-state index in [-0.39, 0.29) is 29.8 Å². The number of carbonyl (C=O) groups is 1. The third kappa shape index (κ3) is 4.92. The summed E-state index contributed by atoms with van der Waals surface area (Å²) in [5.74, 6) is -0.641. The standard InChI is InChI=1S/C12H17ClN2O5S/c1-3-20-11(16)9-15(7-8-19-2)21(17,18)10-5-4-6-14-12(10)13/h4-6H,3,7-9H2,1-2H3. The molecule has 0 saturated carbocycles. The summed E-state index contributed by atoms with van der Waals surface area (Å²) >= 11 is 5.82. The summed E-state index contributed by atoms with van der Waals surface area (Å²) in [5.41, 5.74) is 0.